The summed E-state index contributed by atoms with van der Waals surface area (Å²) in [6.07, 6.45) is 0. The number of hydrogen-bond donors (Lipinski definition) is 0. The summed E-state index contributed by atoms with van der Waals surface area (Å²) in [5, 5.41) is 17.2. The average Bonchev–Trinajstić information content (AvgIpc) is 2.65. The smallest absolute Gasteiger partial charge is 0.120 e. The third kappa shape index (κ3) is 15.3. The van der Waals surface area contributed by atoms with Crippen LogP contribution in [0, 0.1) is 22.7 Å². The first-order valence-electron chi connectivity index (χ1n) is 8.12. The van der Waals surface area contributed by atoms with E-state index in [0.717, 1.165) is 0 Å². The van der Waals surface area contributed by atoms with Gasteiger partial charge in [0, 0.05) is 58.2 Å². The normalized spacial score (nSPS) is 10.6. The van der Waals surface area contributed by atoms with Gasteiger partial charge in [0.05, 0.1) is 36.5 Å². The second-order valence-corrected chi connectivity index (χ2v) is 5.70. The van der Waals surface area contributed by atoms with Gasteiger partial charge in [-0.2, -0.15) is 10.5 Å². The molecule has 0 aliphatic carbocycles. The van der Waals surface area contributed by atoms with E-state index in [2.05, 4.69) is 0 Å². The van der Waals surface area contributed by atoms with Gasteiger partial charge in [-0.05, 0) is 36.4 Å². The van der Waals surface area contributed by atoms with E-state index in [-0.39, 0.29) is 70.3 Å². The predicted molar refractivity (Wildman–Crippen MR) is 101 cm³/mol. The Bertz CT molecular complexity index is 712. The summed E-state index contributed by atoms with van der Waals surface area (Å²) in [4.78, 5) is 0. The molecule has 0 bridgehead atoms. The van der Waals surface area contributed by atoms with Crippen molar-refractivity contribution in [2.75, 3.05) is 13.2 Å². The van der Waals surface area contributed by atoms with E-state index in [4.69, 9.17) is 31.5 Å². The first-order chi connectivity index (χ1) is 12.4. The average molecular weight is 636 g/mol. The number of rotatable bonds is 6. The van der Waals surface area contributed by atoms with E-state index in [1.54, 1.807) is 62.4 Å². The van der Waals surface area contributed by atoms with Crippen molar-refractivity contribution in [3.05, 3.63) is 71.1 Å². The van der Waals surface area contributed by atoms with Crippen LogP contribution >= 0.6 is 0 Å². The molecule has 0 saturated carbocycles. The van der Waals surface area contributed by atoms with Crippen molar-refractivity contribution in [1.82, 2.24) is 0 Å². The van der Waals surface area contributed by atoms with Gasteiger partial charge in [0.25, 0.3) is 0 Å². The Labute approximate surface area is 211 Å². The Morgan fingerprint density at radius 2 is 1.14 bits per heavy atom. The monoisotopic (exact) mass is 636 g/mol. The zero-order valence-corrected chi connectivity index (χ0v) is 21.9. The van der Waals surface area contributed by atoms with Crippen molar-refractivity contribution in [3.63, 3.8) is 0 Å². The molecule has 0 heterocycles. The van der Waals surface area contributed by atoms with Crippen LogP contribution in [0.4, 0.5) is 0 Å². The van der Waals surface area contributed by atoms with Crippen molar-refractivity contribution in [2.45, 2.75) is 25.9 Å². The Hall–Kier alpha value is -1.20. The molecule has 0 spiro atoms. The van der Waals surface area contributed by atoms with Crippen LogP contribution in [0.2, 0.25) is 0 Å². The van der Waals surface area contributed by atoms with Gasteiger partial charge in [-0.25, -0.2) is 0 Å². The summed E-state index contributed by atoms with van der Waals surface area (Å²) >= 11 is 0. The quantitative estimate of drug-likeness (QED) is 0.456. The standard InChI is InChI=1S/2C10H11N2O.2V.W/c2*1-8(12)7-13-10-4-2-3-9(5-10)6-11;;;/h2*2-5,8,12H,7H2,1H3;;;/q2*-1;;;. The van der Waals surface area contributed by atoms with Crippen LogP contribution in [-0.4, -0.2) is 25.3 Å². The largest absolute Gasteiger partial charge is 0.672 e. The maximum absolute atomic E-state index is 8.60. The Morgan fingerprint density at radius 3 is 1.41 bits per heavy atom. The van der Waals surface area contributed by atoms with E-state index in [1.165, 1.54) is 0 Å². The molecule has 2 aromatic rings. The van der Waals surface area contributed by atoms with E-state index in [9.17, 15) is 0 Å². The fourth-order valence-corrected chi connectivity index (χ4v) is 1.75. The Morgan fingerprint density at radius 1 is 0.793 bits per heavy atom. The molecule has 2 unspecified atom stereocenters. The first-order valence-corrected chi connectivity index (χ1v) is 8.12. The van der Waals surface area contributed by atoms with Gasteiger partial charge in [-0.1, -0.05) is 26.0 Å². The van der Waals surface area contributed by atoms with Crippen LogP contribution < -0.4 is 9.47 Å². The number of ether oxygens (including phenoxy) is 2. The molecular formula is C20H22N4O2V2W-2. The van der Waals surface area contributed by atoms with Gasteiger partial charge in [-0.3, -0.25) is 0 Å². The van der Waals surface area contributed by atoms with Gasteiger partial charge in [0.15, 0.2) is 0 Å². The summed E-state index contributed by atoms with van der Waals surface area (Å²) in [7, 11) is 0. The van der Waals surface area contributed by atoms with E-state index >= 15 is 0 Å². The summed E-state index contributed by atoms with van der Waals surface area (Å²) in [5.41, 5.74) is 15.6. The molecule has 29 heavy (non-hydrogen) atoms. The SMILES string of the molecule is CC([NH-])COc1cccc(C#N)c1.CC([NH-])COc1cccc(C#N)c1.[V].[V].[W]. The minimum atomic E-state index is -0.245. The molecule has 0 aromatic heterocycles. The number of nitrogens with zero attached hydrogens (tertiary/aromatic N) is 2. The second kappa shape index (κ2) is 18.8. The zero-order chi connectivity index (χ0) is 19.4. The predicted octanol–water partition coefficient (Wildman–Crippen LogP) is 4.75. The molecule has 2 atom stereocenters. The summed E-state index contributed by atoms with van der Waals surface area (Å²) in [6.45, 7) is 4.23. The molecule has 0 aliphatic heterocycles. The summed E-state index contributed by atoms with van der Waals surface area (Å²) < 4.78 is 10.5. The van der Waals surface area contributed by atoms with Crippen LogP contribution in [0.5, 0.6) is 11.5 Å². The molecule has 9 heteroatoms. The number of hydrogen-bond acceptors (Lipinski definition) is 4. The fraction of sp³-hybridized carbons (Fsp3) is 0.300. The molecule has 0 aliphatic rings. The zero-order valence-electron chi connectivity index (χ0n) is 16.2. The van der Waals surface area contributed by atoms with Crippen LogP contribution in [-0.2, 0) is 58.2 Å². The van der Waals surface area contributed by atoms with Gasteiger partial charge in [0.1, 0.15) is 11.5 Å². The van der Waals surface area contributed by atoms with Gasteiger partial charge < -0.3 is 20.9 Å². The van der Waals surface area contributed by atoms with Crippen LogP contribution in [0.3, 0.4) is 0 Å². The maximum atomic E-state index is 8.60. The number of benzene rings is 2. The minimum Gasteiger partial charge on any atom is -0.672 e. The van der Waals surface area contributed by atoms with Crippen molar-refractivity contribution >= 4 is 0 Å². The van der Waals surface area contributed by atoms with E-state index in [0.29, 0.717) is 35.8 Å². The molecule has 2 radical (unpaired) electrons. The molecule has 2 rings (SSSR count). The maximum Gasteiger partial charge on any atom is 0.120 e. The van der Waals surface area contributed by atoms with Gasteiger partial charge in [-0.15, -0.1) is 12.1 Å². The van der Waals surface area contributed by atoms with E-state index < -0.39 is 0 Å². The summed E-state index contributed by atoms with van der Waals surface area (Å²) in [6, 6.07) is 17.4. The molecule has 0 saturated heterocycles. The third-order valence-corrected chi connectivity index (χ3v) is 2.93. The Kier molecular flexibility index (Phi) is 21.0. The first kappa shape index (κ1) is 32.5. The van der Waals surface area contributed by atoms with Crippen LogP contribution in [0.15, 0.2) is 48.5 Å². The topological polar surface area (TPSA) is 114 Å². The fourth-order valence-electron chi connectivity index (χ4n) is 1.75. The molecule has 152 valence electrons. The molecular weight excluding hydrogens is 614 g/mol. The molecule has 2 aromatic carbocycles. The van der Waals surface area contributed by atoms with Crippen LogP contribution in [0.1, 0.15) is 25.0 Å². The van der Waals surface area contributed by atoms with Crippen LogP contribution in [0.25, 0.3) is 11.5 Å². The number of nitrogens with one attached hydrogen (secondary N) is 2. The molecule has 0 fully saturated rings. The van der Waals surface area contributed by atoms with Crippen molar-refractivity contribution in [2.24, 2.45) is 0 Å². The minimum absolute atomic E-state index is 0. The molecule has 2 N–H and O–H groups in total. The van der Waals surface area contributed by atoms with Crippen molar-refractivity contribution in [3.8, 4) is 23.6 Å². The second-order valence-electron chi connectivity index (χ2n) is 5.70. The van der Waals surface area contributed by atoms with E-state index in [1.807, 2.05) is 12.1 Å². The number of nitriles is 2. The Balaban J connectivity index is -0.000000422. The van der Waals surface area contributed by atoms with Gasteiger partial charge >= 0.3 is 0 Å². The van der Waals surface area contributed by atoms with Crippen molar-refractivity contribution < 1.29 is 67.7 Å². The summed E-state index contributed by atoms with van der Waals surface area (Å²) in [5.74, 6) is 1.30. The van der Waals surface area contributed by atoms with Crippen molar-refractivity contribution in [1.29, 1.82) is 10.5 Å². The third-order valence-electron chi connectivity index (χ3n) is 2.93. The molecule has 0 amide bonds. The molecule has 6 nitrogen and oxygen atoms in total. The van der Waals surface area contributed by atoms with Gasteiger partial charge in [0.2, 0.25) is 0 Å².